The molecule has 2 nitrogen and oxygen atoms in total. The second kappa shape index (κ2) is 6.84. The molecule has 0 spiro atoms. The molecule has 0 heterocycles. The van der Waals surface area contributed by atoms with Gasteiger partial charge < -0.3 is 0 Å². The van der Waals surface area contributed by atoms with Gasteiger partial charge >= 0.3 is 0 Å². The summed E-state index contributed by atoms with van der Waals surface area (Å²) >= 11 is 3.55. The largest absolute Gasteiger partial charge is 0.271 e. The summed E-state index contributed by atoms with van der Waals surface area (Å²) in [5.74, 6) is 5.57. The lowest BCUT2D eigenvalue weighted by Gasteiger charge is -2.17. The molecule has 0 saturated carbocycles. The maximum absolute atomic E-state index is 5.57. The Morgan fingerprint density at radius 1 is 1.50 bits per heavy atom. The van der Waals surface area contributed by atoms with Crippen LogP contribution in [0.1, 0.15) is 25.3 Å². The summed E-state index contributed by atoms with van der Waals surface area (Å²) in [6, 6.07) is 8.48. The van der Waals surface area contributed by atoms with E-state index in [0.29, 0.717) is 0 Å². The van der Waals surface area contributed by atoms with E-state index in [4.69, 9.17) is 5.84 Å². The van der Waals surface area contributed by atoms with Crippen LogP contribution in [-0.4, -0.2) is 6.04 Å². The Bertz CT molecular complexity index is 350. The summed E-state index contributed by atoms with van der Waals surface area (Å²) in [5, 5.41) is 0. The number of halogens is 1. The fourth-order valence-electron chi connectivity index (χ4n) is 1.61. The van der Waals surface area contributed by atoms with E-state index in [9.17, 15) is 0 Å². The lowest BCUT2D eigenvalue weighted by atomic mass is 9.99. The van der Waals surface area contributed by atoms with Crippen LogP contribution in [0.15, 0.2) is 40.9 Å². The van der Waals surface area contributed by atoms with Gasteiger partial charge in [-0.1, -0.05) is 53.2 Å². The molecule has 0 fully saturated rings. The van der Waals surface area contributed by atoms with Crippen LogP contribution in [-0.2, 0) is 6.42 Å². The summed E-state index contributed by atoms with van der Waals surface area (Å²) in [6.45, 7) is 6.14. The van der Waals surface area contributed by atoms with Gasteiger partial charge in [-0.3, -0.25) is 11.3 Å². The summed E-state index contributed by atoms with van der Waals surface area (Å²) in [5.41, 5.74) is 5.37. The van der Waals surface area contributed by atoms with Crippen molar-refractivity contribution in [1.29, 1.82) is 0 Å². The van der Waals surface area contributed by atoms with Gasteiger partial charge in [-0.15, -0.1) is 0 Å². The Morgan fingerprint density at radius 3 is 2.75 bits per heavy atom. The van der Waals surface area contributed by atoms with Crippen LogP contribution in [0.4, 0.5) is 0 Å². The van der Waals surface area contributed by atoms with Crippen molar-refractivity contribution in [3.05, 3.63) is 46.5 Å². The van der Waals surface area contributed by atoms with Gasteiger partial charge in [-0.2, -0.15) is 0 Å². The number of nitrogens with two attached hydrogens (primary N) is 1. The third-order valence-corrected chi connectivity index (χ3v) is 3.47. The molecule has 0 saturated heterocycles. The van der Waals surface area contributed by atoms with E-state index in [0.717, 1.165) is 23.7 Å². The van der Waals surface area contributed by atoms with Crippen LogP contribution >= 0.6 is 15.9 Å². The van der Waals surface area contributed by atoms with Gasteiger partial charge in [0, 0.05) is 10.5 Å². The van der Waals surface area contributed by atoms with Crippen molar-refractivity contribution in [3.63, 3.8) is 0 Å². The highest BCUT2D eigenvalue weighted by molar-refractivity contribution is 9.10. The molecule has 1 atom stereocenters. The number of rotatable bonds is 6. The molecule has 1 unspecified atom stereocenters. The molecule has 3 N–H and O–H groups in total. The molecule has 0 aliphatic heterocycles. The topological polar surface area (TPSA) is 38.0 Å². The molecule has 0 radical (unpaired) electrons. The van der Waals surface area contributed by atoms with Gasteiger partial charge in [-0.25, -0.2) is 0 Å². The molecule has 3 heteroatoms. The van der Waals surface area contributed by atoms with E-state index in [1.165, 1.54) is 11.1 Å². The fraction of sp³-hybridized carbons (Fsp3) is 0.385. The molecular formula is C13H19BrN2. The van der Waals surface area contributed by atoms with E-state index in [2.05, 4.69) is 47.0 Å². The van der Waals surface area contributed by atoms with Crippen molar-refractivity contribution in [2.45, 2.75) is 32.2 Å². The summed E-state index contributed by atoms with van der Waals surface area (Å²) in [6.07, 6.45) is 2.85. The number of hydrazine groups is 1. The highest BCUT2D eigenvalue weighted by atomic mass is 79.9. The van der Waals surface area contributed by atoms with Crippen molar-refractivity contribution in [1.82, 2.24) is 5.43 Å². The van der Waals surface area contributed by atoms with Gasteiger partial charge in [0.15, 0.2) is 0 Å². The number of benzene rings is 1. The zero-order chi connectivity index (χ0) is 12.0. The Labute approximate surface area is 106 Å². The van der Waals surface area contributed by atoms with Crippen LogP contribution in [0, 0.1) is 0 Å². The Kier molecular flexibility index (Phi) is 5.74. The third-order valence-electron chi connectivity index (χ3n) is 2.69. The molecule has 1 aromatic carbocycles. The quantitative estimate of drug-likeness (QED) is 0.478. The van der Waals surface area contributed by atoms with Crippen LogP contribution in [0.25, 0.3) is 0 Å². The van der Waals surface area contributed by atoms with Gasteiger partial charge in [0.05, 0.1) is 0 Å². The molecule has 88 valence electrons. The minimum atomic E-state index is 0.256. The summed E-state index contributed by atoms with van der Waals surface area (Å²) in [7, 11) is 0. The zero-order valence-electron chi connectivity index (χ0n) is 9.67. The fourth-order valence-corrected chi connectivity index (χ4v) is 2.06. The zero-order valence-corrected chi connectivity index (χ0v) is 11.3. The third kappa shape index (κ3) is 4.08. The average molecular weight is 283 g/mol. The van der Waals surface area contributed by atoms with Crippen molar-refractivity contribution in [3.8, 4) is 0 Å². The van der Waals surface area contributed by atoms with E-state index in [1.54, 1.807) is 0 Å². The molecule has 0 amide bonds. The predicted octanol–water partition coefficient (Wildman–Crippen LogP) is 3.18. The first-order chi connectivity index (χ1) is 7.67. The SMILES string of the molecule is C=C(CC)CC(Cc1ccccc1Br)NN. The summed E-state index contributed by atoms with van der Waals surface area (Å²) < 4.78 is 1.14. The second-order valence-electron chi connectivity index (χ2n) is 3.97. The van der Waals surface area contributed by atoms with Gasteiger partial charge in [0.1, 0.15) is 0 Å². The normalized spacial score (nSPS) is 12.4. The molecular weight excluding hydrogens is 264 g/mol. The maximum Gasteiger partial charge on any atom is 0.0288 e. The lowest BCUT2D eigenvalue weighted by Crippen LogP contribution is -2.37. The second-order valence-corrected chi connectivity index (χ2v) is 4.82. The predicted molar refractivity (Wildman–Crippen MR) is 73.0 cm³/mol. The Hall–Kier alpha value is -0.640. The number of hydrogen-bond donors (Lipinski definition) is 2. The monoisotopic (exact) mass is 282 g/mol. The van der Waals surface area contributed by atoms with Crippen molar-refractivity contribution >= 4 is 15.9 Å². The van der Waals surface area contributed by atoms with Gasteiger partial charge in [0.25, 0.3) is 0 Å². The van der Waals surface area contributed by atoms with E-state index in [-0.39, 0.29) is 6.04 Å². The van der Waals surface area contributed by atoms with Crippen LogP contribution in [0.3, 0.4) is 0 Å². The van der Waals surface area contributed by atoms with E-state index >= 15 is 0 Å². The summed E-state index contributed by atoms with van der Waals surface area (Å²) in [4.78, 5) is 0. The first-order valence-corrected chi connectivity index (χ1v) is 6.32. The van der Waals surface area contributed by atoms with E-state index < -0.39 is 0 Å². The molecule has 1 rings (SSSR count). The van der Waals surface area contributed by atoms with Gasteiger partial charge in [-0.05, 0) is 30.9 Å². The Balaban J connectivity index is 2.63. The minimum absolute atomic E-state index is 0.256. The van der Waals surface area contributed by atoms with Crippen LogP contribution in [0.2, 0.25) is 0 Å². The highest BCUT2D eigenvalue weighted by Gasteiger charge is 2.10. The number of hydrogen-bond acceptors (Lipinski definition) is 2. The molecule has 0 aliphatic carbocycles. The smallest absolute Gasteiger partial charge is 0.0288 e. The Morgan fingerprint density at radius 2 is 2.19 bits per heavy atom. The molecule has 0 aliphatic rings. The lowest BCUT2D eigenvalue weighted by molar-refractivity contribution is 0.516. The average Bonchev–Trinajstić information content (AvgIpc) is 2.30. The first-order valence-electron chi connectivity index (χ1n) is 5.53. The molecule has 0 aromatic heterocycles. The maximum atomic E-state index is 5.57. The first kappa shape index (κ1) is 13.4. The molecule has 16 heavy (non-hydrogen) atoms. The van der Waals surface area contributed by atoms with Crippen molar-refractivity contribution in [2.24, 2.45) is 5.84 Å². The van der Waals surface area contributed by atoms with Crippen molar-refractivity contribution in [2.75, 3.05) is 0 Å². The highest BCUT2D eigenvalue weighted by Crippen LogP contribution is 2.19. The molecule has 0 bridgehead atoms. The van der Waals surface area contributed by atoms with Crippen LogP contribution in [0.5, 0.6) is 0 Å². The number of nitrogens with one attached hydrogen (secondary N) is 1. The van der Waals surface area contributed by atoms with E-state index in [1.807, 2.05) is 12.1 Å². The van der Waals surface area contributed by atoms with Crippen molar-refractivity contribution < 1.29 is 0 Å². The van der Waals surface area contributed by atoms with Crippen LogP contribution < -0.4 is 11.3 Å². The standard InChI is InChI=1S/C13H19BrN2/c1-3-10(2)8-12(16-15)9-11-6-4-5-7-13(11)14/h4-7,12,16H,2-3,8-9,15H2,1H3. The van der Waals surface area contributed by atoms with Gasteiger partial charge in [0.2, 0.25) is 0 Å². The molecule has 1 aromatic rings. The minimum Gasteiger partial charge on any atom is -0.271 e.